The highest BCUT2D eigenvalue weighted by Gasteiger charge is 2.13. The average Bonchev–Trinajstić information content (AvgIpc) is 2.33. The minimum Gasteiger partial charge on any atom is -0.494 e. The Morgan fingerprint density at radius 1 is 1.28 bits per heavy atom. The quantitative estimate of drug-likeness (QED) is 0.512. The molecule has 0 unspecified atom stereocenters. The molecule has 0 aliphatic rings. The SMILES string of the molecule is COc1c(N)cccc1C(=O)NCCNC(C)=O. The van der Waals surface area contributed by atoms with Crippen molar-refractivity contribution >= 4 is 17.5 Å². The van der Waals surface area contributed by atoms with E-state index in [-0.39, 0.29) is 11.8 Å². The molecule has 1 aromatic carbocycles. The Morgan fingerprint density at radius 3 is 2.56 bits per heavy atom. The lowest BCUT2D eigenvalue weighted by molar-refractivity contribution is -0.118. The molecule has 6 nitrogen and oxygen atoms in total. The fourth-order valence-electron chi connectivity index (χ4n) is 1.47. The molecule has 0 fully saturated rings. The summed E-state index contributed by atoms with van der Waals surface area (Å²) in [5.74, 6) is -0.0650. The average molecular weight is 251 g/mol. The second kappa shape index (κ2) is 6.48. The molecule has 1 rings (SSSR count). The van der Waals surface area contributed by atoms with Crippen molar-refractivity contribution in [2.75, 3.05) is 25.9 Å². The van der Waals surface area contributed by atoms with Gasteiger partial charge in [-0.15, -0.1) is 0 Å². The Labute approximate surface area is 105 Å². The Morgan fingerprint density at radius 2 is 1.94 bits per heavy atom. The molecule has 0 aliphatic heterocycles. The first-order chi connectivity index (χ1) is 8.56. The number of ether oxygens (including phenoxy) is 1. The predicted octanol–water partition coefficient (Wildman–Crippen LogP) is 0.143. The molecule has 0 heterocycles. The summed E-state index contributed by atoms with van der Waals surface area (Å²) in [6.07, 6.45) is 0. The van der Waals surface area contributed by atoms with Crippen LogP contribution in [0.1, 0.15) is 17.3 Å². The van der Waals surface area contributed by atoms with E-state index in [0.717, 1.165) is 0 Å². The van der Waals surface area contributed by atoms with Gasteiger partial charge in [-0.25, -0.2) is 0 Å². The number of nitrogen functional groups attached to an aromatic ring is 1. The lowest BCUT2D eigenvalue weighted by atomic mass is 10.1. The molecule has 1 aromatic rings. The molecule has 18 heavy (non-hydrogen) atoms. The molecule has 98 valence electrons. The monoisotopic (exact) mass is 251 g/mol. The van der Waals surface area contributed by atoms with Crippen LogP contribution in [0.25, 0.3) is 0 Å². The highest BCUT2D eigenvalue weighted by Crippen LogP contribution is 2.25. The van der Waals surface area contributed by atoms with Crippen LogP contribution in [0.3, 0.4) is 0 Å². The molecule has 0 aliphatic carbocycles. The fraction of sp³-hybridized carbons (Fsp3) is 0.333. The molecule has 0 saturated carbocycles. The van der Waals surface area contributed by atoms with Gasteiger partial charge in [0.2, 0.25) is 5.91 Å². The summed E-state index contributed by atoms with van der Waals surface area (Å²) in [7, 11) is 1.46. The number of nitrogens with one attached hydrogen (secondary N) is 2. The van der Waals surface area contributed by atoms with Gasteiger partial charge in [0, 0.05) is 20.0 Å². The van der Waals surface area contributed by atoms with Gasteiger partial charge in [0.1, 0.15) is 0 Å². The van der Waals surface area contributed by atoms with Crippen molar-refractivity contribution < 1.29 is 14.3 Å². The van der Waals surface area contributed by atoms with Crippen LogP contribution in [0.15, 0.2) is 18.2 Å². The van der Waals surface area contributed by atoms with E-state index in [1.54, 1.807) is 18.2 Å². The van der Waals surface area contributed by atoms with E-state index in [4.69, 9.17) is 10.5 Å². The van der Waals surface area contributed by atoms with Crippen molar-refractivity contribution in [2.45, 2.75) is 6.92 Å². The third-order valence-corrected chi connectivity index (χ3v) is 2.28. The van der Waals surface area contributed by atoms with E-state index in [9.17, 15) is 9.59 Å². The second-order valence-corrected chi connectivity index (χ2v) is 3.67. The molecule has 0 aromatic heterocycles. The zero-order chi connectivity index (χ0) is 13.5. The summed E-state index contributed by atoms with van der Waals surface area (Å²) in [6, 6.07) is 4.97. The molecule has 6 heteroatoms. The van der Waals surface area contributed by atoms with Crippen LogP contribution < -0.4 is 21.1 Å². The maximum Gasteiger partial charge on any atom is 0.255 e. The van der Waals surface area contributed by atoms with Gasteiger partial charge in [0.25, 0.3) is 5.91 Å². The zero-order valence-electron chi connectivity index (χ0n) is 10.4. The number of para-hydroxylation sites is 1. The normalized spacial score (nSPS) is 9.67. The summed E-state index contributed by atoms with van der Waals surface area (Å²) < 4.78 is 5.09. The second-order valence-electron chi connectivity index (χ2n) is 3.67. The Hall–Kier alpha value is -2.24. The number of rotatable bonds is 5. The number of carbonyl (C=O) groups is 2. The van der Waals surface area contributed by atoms with Crippen LogP contribution in [0.2, 0.25) is 0 Å². The van der Waals surface area contributed by atoms with E-state index in [0.29, 0.717) is 30.1 Å². The summed E-state index contributed by atoms with van der Waals surface area (Å²) in [4.78, 5) is 22.5. The molecular weight excluding hydrogens is 234 g/mol. The van der Waals surface area contributed by atoms with Crippen molar-refractivity contribution in [3.05, 3.63) is 23.8 Å². The first-order valence-electron chi connectivity index (χ1n) is 5.51. The molecule has 0 atom stereocenters. The number of anilines is 1. The molecule has 2 amide bonds. The number of amides is 2. The van der Waals surface area contributed by atoms with Gasteiger partial charge in [0.15, 0.2) is 5.75 Å². The Balaban J connectivity index is 2.61. The van der Waals surface area contributed by atoms with Crippen molar-refractivity contribution in [1.29, 1.82) is 0 Å². The molecule has 4 N–H and O–H groups in total. The van der Waals surface area contributed by atoms with E-state index < -0.39 is 0 Å². The van der Waals surface area contributed by atoms with Crippen molar-refractivity contribution in [2.24, 2.45) is 0 Å². The summed E-state index contributed by atoms with van der Waals surface area (Å²) in [6.45, 7) is 2.14. The molecule has 0 spiro atoms. The topological polar surface area (TPSA) is 93.4 Å². The summed E-state index contributed by atoms with van der Waals surface area (Å²) in [5.41, 5.74) is 6.49. The number of methoxy groups -OCH3 is 1. The van der Waals surface area contributed by atoms with E-state index >= 15 is 0 Å². The molecular formula is C12H17N3O3. The Bertz CT molecular complexity index is 446. The first kappa shape index (κ1) is 13.8. The third kappa shape index (κ3) is 3.65. The van der Waals surface area contributed by atoms with Crippen LogP contribution >= 0.6 is 0 Å². The zero-order valence-corrected chi connectivity index (χ0v) is 10.4. The standard InChI is InChI=1S/C12H17N3O3/c1-8(16)14-6-7-15-12(17)9-4-3-5-10(13)11(9)18-2/h3-5H,6-7,13H2,1-2H3,(H,14,16)(H,15,17). The molecule has 0 saturated heterocycles. The van der Waals surface area contributed by atoms with Gasteiger partial charge in [-0.05, 0) is 12.1 Å². The van der Waals surface area contributed by atoms with E-state index in [1.165, 1.54) is 14.0 Å². The number of hydrogen-bond donors (Lipinski definition) is 3. The van der Waals surface area contributed by atoms with Crippen LogP contribution in [-0.2, 0) is 4.79 Å². The maximum atomic E-state index is 11.9. The smallest absolute Gasteiger partial charge is 0.255 e. The number of carbonyl (C=O) groups excluding carboxylic acids is 2. The minimum absolute atomic E-state index is 0.134. The maximum absolute atomic E-state index is 11.9. The van der Waals surface area contributed by atoms with Crippen LogP contribution in [0.5, 0.6) is 5.75 Å². The van der Waals surface area contributed by atoms with Gasteiger partial charge in [-0.2, -0.15) is 0 Å². The van der Waals surface area contributed by atoms with Gasteiger partial charge in [0.05, 0.1) is 18.4 Å². The van der Waals surface area contributed by atoms with Crippen molar-refractivity contribution in [3.8, 4) is 5.75 Å². The van der Waals surface area contributed by atoms with Crippen molar-refractivity contribution in [1.82, 2.24) is 10.6 Å². The van der Waals surface area contributed by atoms with Crippen LogP contribution in [0, 0.1) is 0 Å². The third-order valence-electron chi connectivity index (χ3n) is 2.28. The number of hydrogen-bond acceptors (Lipinski definition) is 4. The molecule has 0 radical (unpaired) electrons. The predicted molar refractivity (Wildman–Crippen MR) is 68.4 cm³/mol. The van der Waals surface area contributed by atoms with Gasteiger partial charge in [-0.1, -0.05) is 6.07 Å². The highest BCUT2D eigenvalue weighted by atomic mass is 16.5. The minimum atomic E-state index is -0.287. The van der Waals surface area contributed by atoms with Crippen LogP contribution in [-0.4, -0.2) is 32.0 Å². The van der Waals surface area contributed by atoms with Gasteiger partial charge in [-0.3, -0.25) is 9.59 Å². The largest absolute Gasteiger partial charge is 0.494 e. The van der Waals surface area contributed by atoms with E-state index in [2.05, 4.69) is 10.6 Å². The summed E-state index contributed by atoms with van der Waals surface area (Å²) in [5, 5.41) is 5.25. The number of benzene rings is 1. The van der Waals surface area contributed by atoms with Crippen LogP contribution in [0.4, 0.5) is 5.69 Å². The lowest BCUT2D eigenvalue weighted by Crippen LogP contribution is -2.33. The summed E-state index contributed by atoms with van der Waals surface area (Å²) >= 11 is 0. The molecule has 0 bridgehead atoms. The number of nitrogens with two attached hydrogens (primary N) is 1. The van der Waals surface area contributed by atoms with Gasteiger partial charge >= 0.3 is 0 Å². The fourth-order valence-corrected chi connectivity index (χ4v) is 1.47. The highest BCUT2D eigenvalue weighted by molar-refractivity contribution is 5.98. The van der Waals surface area contributed by atoms with Crippen molar-refractivity contribution in [3.63, 3.8) is 0 Å². The lowest BCUT2D eigenvalue weighted by Gasteiger charge is -2.11. The van der Waals surface area contributed by atoms with E-state index in [1.807, 2.05) is 0 Å². The first-order valence-corrected chi connectivity index (χ1v) is 5.51. The Kier molecular flexibility index (Phi) is 4.98. The van der Waals surface area contributed by atoms with Gasteiger partial charge < -0.3 is 21.1 Å².